The number of carbonyl (C=O) groups is 2. The molecule has 31 heavy (non-hydrogen) atoms. The minimum atomic E-state index is -0.287. The predicted molar refractivity (Wildman–Crippen MR) is 119 cm³/mol. The standard InChI is InChI=1S/C25H26N4O2/c26-24(30)12-23(18-7-2-1-3-8-18)28-13-19-15-29(16-20(19)14-28)25(31)22-11-10-17-6-4-5-9-21(17)27-22/h1-11,19-20,23H,12-16H2,(H2,26,30)/t19?,20?,23-/m0/s1. The Morgan fingerprint density at radius 3 is 2.29 bits per heavy atom. The number of fused-ring (bicyclic) bond motifs is 2. The van der Waals surface area contributed by atoms with Gasteiger partial charge in [-0.1, -0.05) is 54.6 Å². The van der Waals surface area contributed by atoms with Gasteiger partial charge in [0.15, 0.2) is 0 Å². The third kappa shape index (κ3) is 3.91. The normalized spacial score (nSPS) is 21.9. The average molecular weight is 415 g/mol. The van der Waals surface area contributed by atoms with Crippen molar-refractivity contribution in [3.05, 3.63) is 78.0 Å². The number of rotatable bonds is 5. The topological polar surface area (TPSA) is 79.5 Å². The van der Waals surface area contributed by atoms with Crippen molar-refractivity contribution < 1.29 is 9.59 Å². The van der Waals surface area contributed by atoms with Gasteiger partial charge in [-0.2, -0.15) is 0 Å². The Morgan fingerprint density at radius 2 is 1.58 bits per heavy atom. The molecule has 158 valence electrons. The van der Waals surface area contributed by atoms with Crippen molar-refractivity contribution in [3.63, 3.8) is 0 Å². The lowest BCUT2D eigenvalue weighted by atomic mass is 10.0. The Kier molecular flexibility index (Phi) is 5.16. The number of likely N-dealkylation sites (tertiary alicyclic amines) is 2. The fourth-order valence-corrected chi connectivity index (χ4v) is 5.12. The molecule has 0 saturated carbocycles. The van der Waals surface area contributed by atoms with Crippen molar-refractivity contribution >= 4 is 22.7 Å². The number of carbonyl (C=O) groups excluding carboxylic acids is 2. The van der Waals surface area contributed by atoms with E-state index in [4.69, 9.17) is 5.73 Å². The lowest BCUT2D eigenvalue weighted by Gasteiger charge is -2.29. The number of aromatic nitrogens is 1. The molecule has 3 atom stereocenters. The molecule has 0 radical (unpaired) electrons. The summed E-state index contributed by atoms with van der Waals surface area (Å²) in [5.41, 5.74) is 8.02. The number of hydrogen-bond donors (Lipinski definition) is 1. The molecule has 5 rings (SSSR count). The van der Waals surface area contributed by atoms with Crippen molar-refractivity contribution in [1.29, 1.82) is 0 Å². The van der Waals surface area contributed by atoms with Crippen LogP contribution in [-0.2, 0) is 4.79 Å². The van der Waals surface area contributed by atoms with E-state index in [1.807, 2.05) is 59.5 Å². The van der Waals surface area contributed by atoms with E-state index in [0.717, 1.165) is 42.6 Å². The molecule has 2 aliphatic rings. The molecule has 2 aromatic carbocycles. The summed E-state index contributed by atoms with van der Waals surface area (Å²) in [4.78, 5) is 33.7. The molecule has 2 saturated heterocycles. The number of amides is 2. The molecule has 1 aromatic heterocycles. The van der Waals surface area contributed by atoms with Crippen LogP contribution in [-0.4, -0.2) is 52.8 Å². The minimum absolute atomic E-state index is 0.00319. The van der Waals surface area contributed by atoms with Crippen molar-refractivity contribution in [2.75, 3.05) is 26.2 Å². The molecule has 0 bridgehead atoms. The number of nitrogens with zero attached hydrogens (tertiary/aromatic N) is 3. The molecule has 2 amide bonds. The van der Waals surface area contributed by atoms with Crippen LogP contribution in [0.3, 0.4) is 0 Å². The van der Waals surface area contributed by atoms with E-state index in [9.17, 15) is 9.59 Å². The second-order valence-corrected chi connectivity index (χ2v) is 8.67. The molecule has 2 fully saturated rings. The quantitative estimate of drug-likeness (QED) is 0.696. The predicted octanol–water partition coefficient (Wildman–Crippen LogP) is 2.86. The molecule has 2 N–H and O–H groups in total. The summed E-state index contributed by atoms with van der Waals surface area (Å²) in [6.45, 7) is 3.19. The Balaban J connectivity index is 1.28. The molecule has 6 nitrogen and oxygen atoms in total. The second-order valence-electron chi connectivity index (χ2n) is 8.67. The van der Waals surface area contributed by atoms with Gasteiger partial charge < -0.3 is 10.6 Å². The molecule has 2 unspecified atom stereocenters. The van der Waals surface area contributed by atoms with Crippen LogP contribution in [0.2, 0.25) is 0 Å². The van der Waals surface area contributed by atoms with E-state index in [1.165, 1.54) is 0 Å². The van der Waals surface area contributed by atoms with Crippen LogP contribution in [0.25, 0.3) is 10.9 Å². The number of nitrogens with two attached hydrogens (primary N) is 1. The van der Waals surface area contributed by atoms with E-state index in [1.54, 1.807) is 0 Å². The number of hydrogen-bond acceptors (Lipinski definition) is 4. The molecular weight excluding hydrogens is 388 g/mol. The first kappa shape index (κ1) is 19.7. The Labute approximate surface area is 181 Å². The fourth-order valence-electron chi connectivity index (χ4n) is 5.12. The summed E-state index contributed by atoms with van der Waals surface area (Å²) in [7, 11) is 0. The first-order valence-electron chi connectivity index (χ1n) is 10.8. The van der Waals surface area contributed by atoms with Gasteiger partial charge in [-0.05, 0) is 29.5 Å². The van der Waals surface area contributed by atoms with Crippen LogP contribution < -0.4 is 5.73 Å². The van der Waals surface area contributed by atoms with Gasteiger partial charge in [0, 0.05) is 44.0 Å². The lowest BCUT2D eigenvalue weighted by Crippen LogP contribution is -2.36. The van der Waals surface area contributed by atoms with Crippen LogP contribution in [0, 0.1) is 11.8 Å². The lowest BCUT2D eigenvalue weighted by molar-refractivity contribution is -0.119. The molecule has 3 aromatic rings. The highest BCUT2D eigenvalue weighted by molar-refractivity contribution is 5.95. The van der Waals surface area contributed by atoms with E-state index < -0.39 is 0 Å². The van der Waals surface area contributed by atoms with Crippen LogP contribution in [0.5, 0.6) is 0 Å². The third-order valence-corrected chi connectivity index (χ3v) is 6.64. The van der Waals surface area contributed by atoms with Crippen molar-refractivity contribution in [1.82, 2.24) is 14.8 Å². The zero-order chi connectivity index (χ0) is 21.4. The first-order chi connectivity index (χ1) is 15.1. The number of primary amides is 1. The first-order valence-corrected chi connectivity index (χ1v) is 10.8. The second kappa shape index (κ2) is 8.12. The Bertz CT molecular complexity index is 1100. The summed E-state index contributed by atoms with van der Waals surface area (Å²) in [6.07, 6.45) is 0.313. The van der Waals surface area contributed by atoms with Gasteiger partial charge in [0.1, 0.15) is 5.69 Å². The van der Waals surface area contributed by atoms with E-state index >= 15 is 0 Å². The molecule has 0 aliphatic carbocycles. The summed E-state index contributed by atoms with van der Waals surface area (Å²) in [5, 5.41) is 1.04. The van der Waals surface area contributed by atoms with Crippen LogP contribution in [0.15, 0.2) is 66.7 Å². The smallest absolute Gasteiger partial charge is 0.272 e. The highest BCUT2D eigenvalue weighted by Crippen LogP contribution is 2.37. The largest absolute Gasteiger partial charge is 0.370 e. The molecule has 0 spiro atoms. The van der Waals surface area contributed by atoms with Gasteiger partial charge in [-0.25, -0.2) is 4.98 Å². The van der Waals surface area contributed by atoms with Crippen molar-refractivity contribution in [2.45, 2.75) is 12.5 Å². The molecule has 3 heterocycles. The number of pyridine rings is 1. The van der Waals surface area contributed by atoms with Crippen LogP contribution in [0.4, 0.5) is 0 Å². The molecule has 6 heteroatoms. The van der Waals surface area contributed by atoms with Gasteiger partial charge in [-0.15, -0.1) is 0 Å². The van der Waals surface area contributed by atoms with Gasteiger partial charge in [0.05, 0.1) is 5.52 Å². The zero-order valence-electron chi connectivity index (χ0n) is 17.4. The highest BCUT2D eigenvalue weighted by atomic mass is 16.2. The number of benzene rings is 2. The van der Waals surface area contributed by atoms with E-state index in [2.05, 4.69) is 22.0 Å². The van der Waals surface area contributed by atoms with E-state index in [-0.39, 0.29) is 17.9 Å². The van der Waals surface area contributed by atoms with Crippen molar-refractivity contribution in [3.8, 4) is 0 Å². The Hall–Kier alpha value is -3.25. The van der Waals surface area contributed by atoms with Gasteiger partial charge >= 0.3 is 0 Å². The highest BCUT2D eigenvalue weighted by Gasteiger charge is 2.44. The maximum absolute atomic E-state index is 13.1. The number of para-hydroxylation sites is 1. The Morgan fingerprint density at radius 1 is 0.903 bits per heavy atom. The van der Waals surface area contributed by atoms with Gasteiger partial charge in [-0.3, -0.25) is 14.5 Å². The van der Waals surface area contributed by atoms with Crippen molar-refractivity contribution in [2.24, 2.45) is 17.6 Å². The SMILES string of the molecule is NC(=O)C[C@@H](c1ccccc1)N1CC2CN(C(=O)c3ccc4ccccc4n3)CC2C1. The zero-order valence-corrected chi connectivity index (χ0v) is 17.4. The fraction of sp³-hybridized carbons (Fsp3) is 0.320. The van der Waals surface area contributed by atoms with Crippen LogP contribution in [0.1, 0.15) is 28.5 Å². The maximum atomic E-state index is 13.1. The van der Waals surface area contributed by atoms with Crippen LogP contribution >= 0.6 is 0 Å². The van der Waals surface area contributed by atoms with E-state index in [0.29, 0.717) is 24.0 Å². The maximum Gasteiger partial charge on any atom is 0.272 e. The van der Waals surface area contributed by atoms with Gasteiger partial charge in [0.25, 0.3) is 5.91 Å². The molecule has 2 aliphatic heterocycles. The monoisotopic (exact) mass is 414 g/mol. The minimum Gasteiger partial charge on any atom is -0.370 e. The summed E-state index contributed by atoms with van der Waals surface area (Å²) in [6, 6.07) is 21.7. The summed E-state index contributed by atoms with van der Waals surface area (Å²) in [5.74, 6) is 0.528. The average Bonchev–Trinajstić information content (AvgIpc) is 3.36. The summed E-state index contributed by atoms with van der Waals surface area (Å²) >= 11 is 0. The third-order valence-electron chi connectivity index (χ3n) is 6.64. The summed E-state index contributed by atoms with van der Waals surface area (Å²) < 4.78 is 0. The van der Waals surface area contributed by atoms with Gasteiger partial charge in [0.2, 0.25) is 5.91 Å². The molecular formula is C25H26N4O2.